The summed E-state index contributed by atoms with van der Waals surface area (Å²) in [4.78, 5) is 10.8. The largest absolute Gasteiger partial charge is 4.00 e. The summed E-state index contributed by atoms with van der Waals surface area (Å²) >= 11 is 0. The van der Waals surface area contributed by atoms with Gasteiger partial charge in [-0.15, -0.1) is 29.7 Å². The second-order valence-corrected chi connectivity index (χ2v) is 6.73. The van der Waals surface area contributed by atoms with Gasteiger partial charge in [0.2, 0.25) is 0 Å². The smallest absolute Gasteiger partial charge is 1.00 e. The van der Waals surface area contributed by atoms with Gasteiger partial charge in [0.05, 0.1) is 5.91 Å². The van der Waals surface area contributed by atoms with Gasteiger partial charge < -0.3 is 35.3 Å². The first kappa shape index (κ1) is 30.7. The van der Waals surface area contributed by atoms with Gasteiger partial charge in [0, 0.05) is 15.1 Å². The number of carbonyl (C=O) groups is 1. The number of nitrogens with one attached hydrogen (secondary N) is 1. The van der Waals surface area contributed by atoms with Crippen LogP contribution in [0.2, 0.25) is 13.1 Å². The minimum atomic E-state index is -0.598. The van der Waals surface area contributed by atoms with E-state index < -0.39 is 5.91 Å². The Hall–Kier alpha value is -0.969. The molecule has 3 rings (SSSR count). The van der Waals surface area contributed by atoms with Crippen LogP contribution in [-0.4, -0.2) is 15.4 Å². The summed E-state index contributed by atoms with van der Waals surface area (Å²) in [6.45, 7) is 8.34. The van der Waals surface area contributed by atoms with Crippen molar-refractivity contribution in [1.29, 1.82) is 0 Å². The Balaban J connectivity index is -0.000000345. The Morgan fingerprint density at radius 2 is 1.48 bits per heavy atom. The van der Waals surface area contributed by atoms with Gasteiger partial charge >= 0.3 is 21.7 Å². The van der Waals surface area contributed by atoms with E-state index in [1.807, 2.05) is 26.0 Å². The van der Waals surface area contributed by atoms with Crippen molar-refractivity contribution in [2.75, 3.05) is 0 Å². The molecule has 3 aromatic carbocycles. The van der Waals surface area contributed by atoms with Crippen LogP contribution in [0.5, 0.6) is 0 Å². The Bertz CT molecular complexity index is 732. The predicted octanol–water partition coefficient (Wildman–Crippen LogP) is 0.353. The quantitative estimate of drug-likeness (QED) is 0.407. The molecule has 0 atom stereocenters. The minimum Gasteiger partial charge on any atom is -1.00 e. The van der Waals surface area contributed by atoms with E-state index in [0.29, 0.717) is 11.5 Å². The maximum Gasteiger partial charge on any atom is 4.00 e. The van der Waals surface area contributed by atoms with Gasteiger partial charge in [0.25, 0.3) is 0 Å². The second kappa shape index (κ2) is 17.2. The summed E-state index contributed by atoms with van der Waals surface area (Å²) in [5.41, 5.74) is 8.49. The van der Waals surface area contributed by atoms with E-state index in [1.54, 1.807) is 12.1 Å². The first-order valence-corrected chi connectivity index (χ1v) is 10.0. The zero-order valence-electron chi connectivity index (χ0n) is 16.1. The van der Waals surface area contributed by atoms with E-state index in [-0.39, 0.29) is 46.5 Å². The average molecular weight is 454 g/mol. The number of halogens is 2. The molecule has 0 aliphatic rings. The SMILES string of the molecule is CC(C)c1ccccc1C([NH-])=O.C[Si]C.[Cl-].[Cl-].[Ti+4].c1ccc2[cH-]ccc2c1. The molecule has 0 aliphatic carbocycles. The fraction of sp³-hybridized carbons (Fsp3) is 0.238. The van der Waals surface area contributed by atoms with Crippen molar-refractivity contribution in [3.8, 4) is 0 Å². The summed E-state index contributed by atoms with van der Waals surface area (Å²) in [7, 11) is 1.08. The standard InChI is InChI=1S/C10H13NO.C9H7.C2H6Si.2ClH.Ti/c1-7(2)8-5-3-4-6-9(8)10(11)12;1-2-5-9-7-3-6-8(9)4-1;1-3-2;;;/h3-7H,1-2H3,(H2,11,12);1-7H;1-2H3;2*1H;/q;-1;;;;+4/p-3. The molecule has 27 heavy (non-hydrogen) atoms. The number of amides is 1. The Morgan fingerprint density at radius 3 is 1.96 bits per heavy atom. The van der Waals surface area contributed by atoms with Crippen molar-refractivity contribution in [3.05, 3.63) is 83.6 Å². The van der Waals surface area contributed by atoms with Crippen LogP contribution in [0.25, 0.3) is 16.5 Å². The van der Waals surface area contributed by atoms with Crippen molar-refractivity contribution in [2.24, 2.45) is 0 Å². The average Bonchev–Trinajstić information content (AvgIpc) is 3.04. The molecule has 2 nitrogen and oxygen atoms in total. The van der Waals surface area contributed by atoms with E-state index in [2.05, 4.69) is 55.6 Å². The molecule has 1 amide bonds. The third-order valence-electron chi connectivity index (χ3n) is 3.38. The molecule has 6 heteroatoms. The molecule has 0 fully saturated rings. The molecular formula is C21H25Cl2NOSiTi. The van der Waals surface area contributed by atoms with Crippen LogP contribution in [0.4, 0.5) is 0 Å². The molecular weight excluding hydrogens is 429 g/mol. The molecule has 1 N–H and O–H groups in total. The molecule has 0 aromatic heterocycles. The normalized spacial score (nSPS) is 8.63. The third kappa shape index (κ3) is 10.8. The van der Waals surface area contributed by atoms with Crippen molar-refractivity contribution in [2.45, 2.75) is 32.9 Å². The summed E-state index contributed by atoms with van der Waals surface area (Å²) < 4.78 is 0. The van der Waals surface area contributed by atoms with E-state index in [1.165, 1.54) is 10.8 Å². The van der Waals surface area contributed by atoms with Gasteiger partial charge in [0.15, 0.2) is 0 Å². The number of hydrogen-bond acceptors (Lipinski definition) is 1. The van der Waals surface area contributed by atoms with Crippen LogP contribution in [0.1, 0.15) is 35.7 Å². The van der Waals surface area contributed by atoms with Gasteiger partial charge in [-0.2, -0.15) is 17.5 Å². The molecule has 2 radical (unpaired) electrons. The molecule has 0 heterocycles. The Morgan fingerprint density at radius 1 is 0.963 bits per heavy atom. The summed E-state index contributed by atoms with van der Waals surface area (Å²) in [6.07, 6.45) is 0. The second-order valence-electron chi connectivity index (χ2n) is 5.73. The predicted molar refractivity (Wildman–Crippen MR) is 106 cm³/mol. The molecule has 0 bridgehead atoms. The van der Waals surface area contributed by atoms with Gasteiger partial charge in [-0.1, -0.05) is 57.3 Å². The van der Waals surface area contributed by atoms with Crippen molar-refractivity contribution < 1.29 is 51.3 Å². The van der Waals surface area contributed by atoms with E-state index in [4.69, 9.17) is 5.73 Å². The van der Waals surface area contributed by atoms with Crippen LogP contribution in [-0.2, 0) is 21.7 Å². The molecule has 0 saturated heterocycles. The van der Waals surface area contributed by atoms with Crippen LogP contribution in [0, 0.1) is 0 Å². The molecule has 0 aliphatic heterocycles. The van der Waals surface area contributed by atoms with E-state index in [9.17, 15) is 4.79 Å². The van der Waals surface area contributed by atoms with Crippen LogP contribution < -0.4 is 24.8 Å². The number of benzene rings is 2. The van der Waals surface area contributed by atoms with Gasteiger partial charge in [-0.05, 0) is 11.5 Å². The maximum absolute atomic E-state index is 10.8. The van der Waals surface area contributed by atoms with E-state index in [0.717, 1.165) is 15.1 Å². The molecule has 0 unspecified atom stereocenters. The first-order valence-electron chi connectivity index (χ1n) is 8.05. The molecule has 0 saturated carbocycles. The van der Waals surface area contributed by atoms with Crippen LogP contribution in [0.3, 0.4) is 0 Å². The third-order valence-corrected chi connectivity index (χ3v) is 3.38. The summed E-state index contributed by atoms with van der Waals surface area (Å²) in [6, 6.07) is 21.9. The Kier molecular flexibility index (Phi) is 19.5. The zero-order valence-corrected chi connectivity index (χ0v) is 20.2. The van der Waals surface area contributed by atoms with Crippen LogP contribution in [0.15, 0.2) is 66.7 Å². The minimum absolute atomic E-state index is 0. The van der Waals surface area contributed by atoms with Gasteiger partial charge in [-0.25, -0.2) is 0 Å². The monoisotopic (exact) mass is 453 g/mol. The number of rotatable bonds is 2. The zero-order chi connectivity index (χ0) is 17.9. The van der Waals surface area contributed by atoms with Crippen molar-refractivity contribution in [1.82, 2.24) is 0 Å². The topological polar surface area (TPSA) is 40.9 Å². The Labute approximate surface area is 193 Å². The van der Waals surface area contributed by atoms with Gasteiger partial charge in [0.1, 0.15) is 0 Å². The van der Waals surface area contributed by atoms with Crippen molar-refractivity contribution >= 4 is 26.2 Å². The van der Waals surface area contributed by atoms with Gasteiger partial charge in [-0.3, -0.25) is 0 Å². The summed E-state index contributed by atoms with van der Waals surface area (Å²) in [5.74, 6) is -0.296. The molecule has 142 valence electrons. The maximum atomic E-state index is 10.8. The number of hydrogen-bond donors (Lipinski definition) is 0. The molecule has 0 spiro atoms. The fourth-order valence-corrected chi connectivity index (χ4v) is 2.28. The number of carbonyl (C=O) groups excluding carboxylic acids is 1. The van der Waals surface area contributed by atoms with Crippen molar-refractivity contribution in [3.63, 3.8) is 0 Å². The first-order chi connectivity index (χ1) is 11.5. The fourth-order valence-electron chi connectivity index (χ4n) is 2.28. The van der Waals surface area contributed by atoms with Crippen LogP contribution >= 0.6 is 0 Å². The summed E-state index contributed by atoms with van der Waals surface area (Å²) in [5, 5.41) is 2.66. The van der Waals surface area contributed by atoms with E-state index >= 15 is 0 Å². The number of fused-ring (bicyclic) bond motifs is 1. The molecule has 3 aromatic rings.